The van der Waals surface area contributed by atoms with Gasteiger partial charge < -0.3 is 19.0 Å². The third-order valence-corrected chi connectivity index (χ3v) is 6.41. The lowest BCUT2D eigenvalue weighted by Crippen LogP contribution is -2.24. The molecule has 0 saturated carbocycles. The Labute approximate surface area is 206 Å². The van der Waals surface area contributed by atoms with Crippen LogP contribution in [0.2, 0.25) is 0 Å². The van der Waals surface area contributed by atoms with E-state index in [1.165, 1.54) is 0 Å². The summed E-state index contributed by atoms with van der Waals surface area (Å²) in [6.45, 7) is 5.03. The molecule has 6 heteroatoms. The summed E-state index contributed by atoms with van der Waals surface area (Å²) >= 11 is 0. The Morgan fingerprint density at radius 3 is 1.97 bits per heavy atom. The fourth-order valence-electron chi connectivity index (χ4n) is 4.85. The number of fused-ring (bicyclic) bond motifs is 5. The van der Waals surface area contributed by atoms with Gasteiger partial charge in [0.05, 0.1) is 29.7 Å². The monoisotopic (exact) mass is 477 g/mol. The second-order valence-electron chi connectivity index (χ2n) is 8.49. The zero-order chi connectivity index (χ0) is 24.8. The second kappa shape index (κ2) is 8.57. The lowest BCUT2D eigenvalue weighted by atomic mass is 9.99. The summed E-state index contributed by atoms with van der Waals surface area (Å²) in [6.07, 6.45) is 0. The predicted molar refractivity (Wildman–Crippen MR) is 138 cm³/mol. The van der Waals surface area contributed by atoms with E-state index in [1.54, 1.807) is 0 Å². The van der Waals surface area contributed by atoms with Gasteiger partial charge in [-0.25, -0.2) is 4.99 Å². The average molecular weight is 478 g/mol. The first-order chi connectivity index (χ1) is 17.6. The van der Waals surface area contributed by atoms with Crippen molar-refractivity contribution in [1.82, 2.24) is 0 Å². The largest absolute Gasteiger partial charge is 0.494 e. The van der Waals surface area contributed by atoms with Crippen molar-refractivity contribution in [3.05, 3.63) is 88.9 Å². The first kappa shape index (κ1) is 21.9. The molecule has 6 nitrogen and oxygen atoms in total. The van der Waals surface area contributed by atoms with Crippen molar-refractivity contribution in [3.63, 3.8) is 0 Å². The molecule has 1 aliphatic heterocycles. The molecule has 1 amide bonds. The smallest absolute Gasteiger partial charge is 0.291 e. The minimum atomic E-state index is -0.279. The zero-order valence-electron chi connectivity index (χ0n) is 19.9. The van der Waals surface area contributed by atoms with Gasteiger partial charge >= 0.3 is 0 Å². The van der Waals surface area contributed by atoms with Crippen LogP contribution < -0.4 is 20.0 Å². The van der Waals surface area contributed by atoms with Gasteiger partial charge in [-0.1, -0.05) is 36.4 Å². The van der Waals surface area contributed by atoms with Crippen LogP contribution in [0.15, 0.2) is 82.2 Å². The topological polar surface area (TPSA) is 81.3 Å². The molecule has 1 aliphatic rings. The van der Waals surface area contributed by atoms with Crippen LogP contribution in [-0.4, -0.2) is 24.2 Å². The quantitative estimate of drug-likeness (QED) is 0.367. The third kappa shape index (κ3) is 3.41. The van der Waals surface area contributed by atoms with E-state index in [9.17, 15) is 9.90 Å². The molecule has 36 heavy (non-hydrogen) atoms. The third-order valence-electron chi connectivity index (χ3n) is 6.41. The van der Waals surface area contributed by atoms with Gasteiger partial charge in [-0.05, 0) is 61.4 Å². The molecular formula is C30H23NO5. The van der Waals surface area contributed by atoms with Crippen LogP contribution in [-0.2, 0) is 4.79 Å². The molecule has 6 rings (SSSR count). The van der Waals surface area contributed by atoms with E-state index < -0.39 is 0 Å². The van der Waals surface area contributed by atoms with Crippen molar-refractivity contribution in [2.24, 2.45) is 4.99 Å². The van der Waals surface area contributed by atoms with Gasteiger partial charge in [0.25, 0.3) is 11.9 Å². The van der Waals surface area contributed by atoms with Crippen LogP contribution >= 0.6 is 0 Å². The summed E-state index contributed by atoms with van der Waals surface area (Å²) in [4.78, 5) is 17.4. The van der Waals surface area contributed by atoms with Gasteiger partial charge in [0.15, 0.2) is 0 Å². The minimum absolute atomic E-state index is 0.156. The fourth-order valence-corrected chi connectivity index (χ4v) is 4.85. The van der Waals surface area contributed by atoms with E-state index in [-0.39, 0.29) is 11.9 Å². The van der Waals surface area contributed by atoms with Crippen LogP contribution in [0.4, 0.5) is 0 Å². The Morgan fingerprint density at radius 1 is 0.750 bits per heavy atom. The number of hydrogen-bond donors (Lipinski definition) is 1. The number of carbonyl (C=O) groups is 1. The highest BCUT2D eigenvalue weighted by Gasteiger charge is 2.22. The highest BCUT2D eigenvalue weighted by Crippen LogP contribution is 2.42. The van der Waals surface area contributed by atoms with Gasteiger partial charge in [-0.15, -0.1) is 0 Å². The van der Waals surface area contributed by atoms with E-state index in [1.807, 2.05) is 86.6 Å². The van der Waals surface area contributed by atoms with Crippen molar-refractivity contribution in [2.45, 2.75) is 13.8 Å². The molecule has 0 atom stereocenters. The van der Waals surface area contributed by atoms with E-state index in [0.717, 1.165) is 44.0 Å². The van der Waals surface area contributed by atoms with E-state index in [2.05, 4.69) is 4.99 Å². The van der Waals surface area contributed by atoms with E-state index >= 15 is 0 Å². The number of amides is 1. The van der Waals surface area contributed by atoms with Crippen molar-refractivity contribution < 1.29 is 23.8 Å². The molecule has 4 aromatic carbocycles. The molecule has 0 unspecified atom stereocenters. The molecule has 5 aromatic rings. The van der Waals surface area contributed by atoms with Gasteiger partial charge in [-0.3, -0.25) is 4.79 Å². The molecule has 0 fully saturated rings. The van der Waals surface area contributed by atoms with Crippen LogP contribution in [0.3, 0.4) is 0 Å². The summed E-state index contributed by atoms with van der Waals surface area (Å²) in [5.41, 5.74) is 3.34. The molecule has 2 heterocycles. The first-order valence-electron chi connectivity index (χ1n) is 11.9. The van der Waals surface area contributed by atoms with Gasteiger partial charge in [0.1, 0.15) is 17.1 Å². The summed E-state index contributed by atoms with van der Waals surface area (Å²) in [6, 6.07) is 22.7. The van der Waals surface area contributed by atoms with Crippen molar-refractivity contribution in [3.8, 4) is 28.6 Å². The maximum absolute atomic E-state index is 13.0. The first-order valence-corrected chi connectivity index (χ1v) is 11.9. The summed E-state index contributed by atoms with van der Waals surface area (Å²) in [7, 11) is 0. The molecule has 0 aliphatic carbocycles. The van der Waals surface area contributed by atoms with Crippen LogP contribution in [0.1, 0.15) is 19.4 Å². The molecule has 0 saturated heterocycles. The van der Waals surface area contributed by atoms with Crippen molar-refractivity contribution in [1.29, 1.82) is 0 Å². The maximum atomic E-state index is 13.0. The standard InChI is InChI=1S/C30H23NO5/c1-3-34-19-9-5-17(6-10-19)25-23-15-14-22-21(27(23)31-29(25)32)13-16-24-26(30(33)36-28(22)24)18-7-11-20(12-8-18)35-4-2/h5-16,33H,3-4H2,1-2H3. The SMILES string of the molecule is CCOc1ccc(C2=c3ccc4c(ccc5c(-c6ccc(OCC)cc6)c(O)oc54)c3=NC2=O)cc1. The lowest BCUT2D eigenvalue weighted by molar-refractivity contribution is -0.112. The normalized spacial score (nSPS) is 12.7. The molecule has 0 bridgehead atoms. The highest BCUT2D eigenvalue weighted by atomic mass is 16.5. The van der Waals surface area contributed by atoms with Gasteiger partial charge in [0.2, 0.25) is 0 Å². The van der Waals surface area contributed by atoms with Crippen LogP contribution in [0.5, 0.6) is 17.4 Å². The molecule has 0 radical (unpaired) electrons. The zero-order valence-corrected chi connectivity index (χ0v) is 19.9. The molecular weight excluding hydrogens is 454 g/mol. The number of ether oxygens (including phenoxy) is 2. The molecule has 1 N–H and O–H groups in total. The number of benzene rings is 4. The maximum Gasteiger partial charge on any atom is 0.291 e. The Bertz CT molecular complexity index is 1760. The number of nitrogens with zero attached hydrogens (tertiary/aromatic N) is 1. The Kier molecular flexibility index (Phi) is 5.22. The molecule has 1 aromatic heterocycles. The van der Waals surface area contributed by atoms with Gasteiger partial charge in [0, 0.05) is 21.4 Å². The Balaban J connectivity index is 1.52. The Hall–Kier alpha value is -4.58. The highest BCUT2D eigenvalue weighted by molar-refractivity contribution is 6.22. The van der Waals surface area contributed by atoms with Crippen LogP contribution in [0.25, 0.3) is 38.4 Å². The summed E-state index contributed by atoms with van der Waals surface area (Å²) in [5.74, 6) is 1.09. The van der Waals surface area contributed by atoms with Gasteiger partial charge in [-0.2, -0.15) is 0 Å². The van der Waals surface area contributed by atoms with Crippen molar-refractivity contribution in [2.75, 3.05) is 13.2 Å². The Morgan fingerprint density at radius 2 is 1.33 bits per heavy atom. The minimum Gasteiger partial charge on any atom is -0.494 e. The van der Waals surface area contributed by atoms with E-state index in [4.69, 9.17) is 13.9 Å². The number of furan rings is 1. The van der Waals surface area contributed by atoms with Crippen LogP contribution in [0, 0.1) is 0 Å². The molecule has 0 spiro atoms. The number of carbonyl (C=O) groups excluding carboxylic acids is 1. The summed E-state index contributed by atoms with van der Waals surface area (Å²) < 4.78 is 16.9. The number of rotatable bonds is 6. The molecule has 178 valence electrons. The summed E-state index contributed by atoms with van der Waals surface area (Å²) in [5, 5.41) is 14.5. The lowest BCUT2D eigenvalue weighted by Gasteiger charge is -2.05. The predicted octanol–water partition coefficient (Wildman–Crippen LogP) is 5.11. The number of aromatic hydroxyl groups is 1. The number of hydrogen-bond acceptors (Lipinski definition) is 5. The van der Waals surface area contributed by atoms with Crippen molar-refractivity contribution >= 4 is 33.2 Å². The van der Waals surface area contributed by atoms with E-state index in [0.29, 0.717) is 35.3 Å². The second-order valence-corrected chi connectivity index (χ2v) is 8.49. The fraction of sp³-hybridized carbons (Fsp3) is 0.133. The average Bonchev–Trinajstić information content (AvgIpc) is 3.41.